The molecule has 0 aliphatic carbocycles. The molecule has 2 aromatic rings. The molecule has 20 heavy (non-hydrogen) atoms. The van der Waals surface area contributed by atoms with Crippen LogP contribution in [0.25, 0.3) is 0 Å². The van der Waals surface area contributed by atoms with Crippen molar-refractivity contribution in [3.63, 3.8) is 0 Å². The number of aromatic nitrogens is 3. The lowest BCUT2D eigenvalue weighted by atomic mass is 10.4. The Labute approximate surface area is 121 Å². The van der Waals surface area contributed by atoms with Gasteiger partial charge in [-0.25, -0.2) is 13.4 Å². The van der Waals surface area contributed by atoms with Gasteiger partial charge in [0.05, 0.1) is 23.6 Å². The van der Waals surface area contributed by atoms with Gasteiger partial charge >= 0.3 is 0 Å². The number of nitrogens with one attached hydrogen (secondary N) is 1. The molecule has 0 unspecified atom stereocenters. The molecule has 2 heterocycles. The lowest BCUT2D eigenvalue weighted by molar-refractivity contribution is 0.593. The molecule has 7 nitrogen and oxygen atoms in total. The number of aryl methyl sites for hydroxylation is 2. The van der Waals surface area contributed by atoms with Crippen LogP contribution in [0.1, 0.15) is 17.1 Å². The molecule has 0 fully saturated rings. The summed E-state index contributed by atoms with van der Waals surface area (Å²) >= 11 is 1.25. The smallest absolute Gasteiger partial charge is 0.267 e. The van der Waals surface area contributed by atoms with E-state index in [0.29, 0.717) is 29.6 Å². The third kappa shape index (κ3) is 2.84. The summed E-state index contributed by atoms with van der Waals surface area (Å²) in [7, 11) is -3.69. The third-order valence-corrected chi connectivity index (χ3v) is 5.36. The zero-order chi connectivity index (χ0) is 14.9. The predicted molar refractivity (Wildman–Crippen MR) is 78.4 cm³/mol. The number of nitrogens with zero attached hydrogens (tertiary/aromatic N) is 3. The van der Waals surface area contributed by atoms with Crippen LogP contribution in [0.15, 0.2) is 10.3 Å². The van der Waals surface area contributed by atoms with Crippen molar-refractivity contribution in [1.82, 2.24) is 14.8 Å². The normalized spacial score (nSPS) is 11.8. The molecule has 0 saturated carbocycles. The second-order valence-electron chi connectivity index (χ2n) is 4.41. The minimum Gasteiger partial charge on any atom is -0.329 e. The van der Waals surface area contributed by atoms with E-state index >= 15 is 0 Å². The van der Waals surface area contributed by atoms with Gasteiger partial charge in [0.2, 0.25) is 0 Å². The summed E-state index contributed by atoms with van der Waals surface area (Å²) in [6.07, 6.45) is 0. The van der Waals surface area contributed by atoms with E-state index < -0.39 is 10.0 Å². The Morgan fingerprint density at radius 2 is 2.10 bits per heavy atom. The molecule has 0 aliphatic heterocycles. The summed E-state index contributed by atoms with van der Waals surface area (Å²) in [6.45, 7) is 6.09. The van der Waals surface area contributed by atoms with E-state index in [1.54, 1.807) is 23.9 Å². The maximum absolute atomic E-state index is 12.4. The molecule has 0 atom stereocenters. The van der Waals surface area contributed by atoms with Crippen LogP contribution in [0.3, 0.4) is 0 Å². The zero-order valence-electron chi connectivity index (χ0n) is 11.5. The average Bonchev–Trinajstić information content (AvgIpc) is 2.84. The molecular formula is C11H17N5O2S2. The van der Waals surface area contributed by atoms with Crippen LogP contribution < -0.4 is 10.5 Å². The van der Waals surface area contributed by atoms with Crippen LogP contribution in [0, 0.1) is 20.8 Å². The Kier molecular flexibility index (Phi) is 4.11. The fourth-order valence-corrected chi connectivity index (χ4v) is 4.33. The second kappa shape index (κ2) is 5.51. The molecule has 2 rings (SSSR count). The van der Waals surface area contributed by atoms with Gasteiger partial charge in [0.15, 0.2) is 5.13 Å². The van der Waals surface area contributed by atoms with Crippen LogP contribution in [-0.2, 0) is 16.6 Å². The van der Waals surface area contributed by atoms with Crippen molar-refractivity contribution in [1.29, 1.82) is 0 Å². The van der Waals surface area contributed by atoms with Crippen molar-refractivity contribution in [2.24, 2.45) is 5.73 Å². The van der Waals surface area contributed by atoms with Gasteiger partial charge in [-0.3, -0.25) is 9.40 Å². The van der Waals surface area contributed by atoms with Crippen LogP contribution in [0.4, 0.5) is 5.13 Å². The number of thiazole rings is 1. The molecule has 110 valence electrons. The van der Waals surface area contributed by atoms with Crippen molar-refractivity contribution in [3.05, 3.63) is 22.5 Å². The van der Waals surface area contributed by atoms with Gasteiger partial charge < -0.3 is 5.73 Å². The van der Waals surface area contributed by atoms with Crippen molar-refractivity contribution in [3.8, 4) is 0 Å². The van der Waals surface area contributed by atoms with E-state index in [0.717, 1.165) is 5.69 Å². The minimum atomic E-state index is -3.69. The first-order valence-corrected chi connectivity index (χ1v) is 8.40. The van der Waals surface area contributed by atoms with Crippen molar-refractivity contribution in [2.45, 2.75) is 32.2 Å². The first-order chi connectivity index (χ1) is 9.35. The van der Waals surface area contributed by atoms with Crippen LogP contribution in [0.2, 0.25) is 0 Å². The summed E-state index contributed by atoms with van der Waals surface area (Å²) in [4.78, 5) is 4.30. The van der Waals surface area contributed by atoms with E-state index in [1.165, 1.54) is 11.3 Å². The van der Waals surface area contributed by atoms with E-state index in [1.807, 2.05) is 6.92 Å². The van der Waals surface area contributed by atoms with Crippen molar-refractivity contribution < 1.29 is 8.42 Å². The highest BCUT2D eigenvalue weighted by atomic mass is 32.2. The zero-order valence-corrected chi connectivity index (χ0v) is 13.2. The highest BCUT2D eigenvalue weighted by Crippen LogP contribution is 2.24. The third-order valence-electron chi connectivity index (χ3n) is 2.77. The molecule has 0 aromatic carbocycles. The summed E-state index contributed by atoms with van der Waals surface area (Å²) in [5.41, 5.74) is 7.30. The molecule has 0 bridgehead atoms. The quantitative estimate of drug-likeness (QED) is 0.857. The maximum atomic E-state index is 12.4. The average molecular weight is 315 g/mol. The maximum Gasteiger partial charge on any atom is 0.267 e. The van der Waals surface area contributed by atoms with Crippen LogP contribution >= 0.6 is 11.3 Å². The molecule has 2 aromatic heterocycles. The summed E-state index contributed by atoms with van der Waals surface area (Å²) in [6, 6.07) is 0. The second-order valence-corrected chi connectivity index (χ2v) is 6.89. The van der Waals surface area contributed by atoms with Gasteiger partial charge in [0, 0.05) is 11.9 Å². The minimum absolute atomic E-state index is 0.193. The van der Waals surface area contributed by atoms with Gasteiger partial charge in [-0.2, -0.15) is 5.10 Å². The highest BCUT2D eigenvalue weighted by Gasteiger charge is 2.25. The molecule has 0 radical (unpaired) electrons. The Balaban J connectivity index is 2.39. The fraction of sp³-hybridized carbons (Fsp3) is 0.455. The van der Waals surface area contributed by atoms with E-state index in [2.05, 4.69) is 14.8 Å². The van der Waals surface area contributed by atoms with Crippen LogP contribution in [-0.4, -0.2) is 29.7 Å². The summed E-state index contributed by atoms with van der Waals surface area (Å²) in [5.74, 6) is 0. The van der Waals surface area contributed by atoms with Crippen LogP contribution in [0.5, 0.6) is 0 Å². The highest BCUT2D eigenvalue weighted by molar-refractivity contribution is 7.93. The number of sulfonamides is 1. The summed E-state index contributed by atoms with van der Waals surface area (Å²) in [5, 5.41) is 6.36. The lowest BCUT2D eigenvalue weighted by Crippen LogP contribution is -2.16. The molecule has 0 amide bonds. The molecule has 0 aliphatic rings. The number of anilines is 1. The Bertz CT molecular complexity index is 717. The topological polar surface area (TPSA) is 103 Å². The molecule has 3 N–H and O–H groups in total. The van der Waals surface area contributed by atoms with Gasteiger partial charge in [-0.1, -0.05) is 0 Å². The van der Waals surface area contributed by atoms with E-state index in [4.69, 9.17) is 5.73 Å². The molecular weight excluding hydrogens is 298 g/mol. The predicted octanol–water partition coefficient (Wildman–Crippen LogP) is 1.02. The first kappa shape index (κ1) is 14.9. The van der Waals surface area contributed by atoms with E-state index in [-0.39, 0.29) is 4.90 Å². The van der Waals surface area contributed by atoms with Gasteiger partial charge in [-0.05, 0) is 20.8 Å². The van der Waals surface area contributed by atoms with E-state index in [9.17, 15) is 8.42 Å². The Morgan fingerprint density at radius 1 is 1.40 bits per heavy atom. The SMILES string of the molecule is Cc1csc(NS(=O)(=O)c2c(C)nn(CCN)c2C)n1. The monoisotopic (exact) mass is 315 g/mol. The number of nitrogens with two attached hydrogens (primary N) is 1. The Morgan fingerprint density at radius 3 is 2.65 bits per heavy atom. The van der Waals surface area contributed by atoms with Gasteiger partial charge in [-0.15, -0.1) is 11.3 Å². The van der Waals surface area contributed by atoms with Gasteiger partial charge in [0.25, 0.3) is 10.0 Å². The van der Waals surface area contributed by atoms with Crippen molar-refractivity contribution >= 4 is 26.5 Å². The first-order valence-electron chi connectivity index (χ1n) is 6.04. The Hall–Kier alpha value is -1.45. The molecule has 0 spiro atoms. The fourth-order valence-electron chi connectivity index (χ4n) is 1.98. The largest absolute Gasteiger partial charge is 0.329 e. The number of hydrogen-bond donors (Lipinski definition) is 2. The summed E-state index contributed by atoms with van der Waals surface area (Å²) < 4.78 is 29.0. The molecule has 0 saturated heterocycles. The van der Waals surface area contributed by atoms with Gasteiger partial charge in [0.1, 0.15) is 4.90 Å². The standard InChI is InChI=1S/C11H17N5O2S2/c1-7-6-19-11(13-7)15-20(17,18)10-8(2)14-16(5-4-12)9(10)3/h6H,4-5,12H2,1-3H3,(H,13,15). The van der Waals surface area contributed by atoms with Crippen molar-refractivity contribution in [2.75, 3.05) is 11.3 Å². The number of hydrogen-bond acceptors (Lipinski definition) is 6. The molecule has 9 heteroatoms. The number of rotatable bonds is 5. The lowest BCUT2D eigenvalue weighted by Gasteiger charge is -2.06.